The van der Waals surface area contributed by atoms with Crippen LogP contribution in [0.15, 0.2) is 24.3 Å². The minimum absolute atomic E-state index is 0.244. The maximum Gasteiger partial charge on any atom is 0.0340 e. The average molecular weight is 233 g/mol. The lowest BCUT2D eigenvalue weighted by atomic mass is 9.87. The van der Waals surface area contributed by atoms with Crippen LogP contribution >= 0.6 is 0 Å². The van der Waals surface area contributed by atoms with E-state index < -0.39 is 0 Å². The molecule has 0 saturated heterocycles. The maximum atomic E-state index is 3.53. The van der Waals surface area contributed by atoms with Gasteiger partial charge in [-0.2, -0.15) is 0 Å². The second-order valence-electron chi connectivity index (χ2n) is 5.89. The van der Waals surface area contributed by atoms with Gasteiger partial charge in [0.25, 0.3) is 0 Å². The molecule has 0 unspecified atom stereocenters. The summed E-state index contributed by atoms with van der Waals surface area (Å²) >= 11 is 0. The van der Waals surface area contributed by atoms with E-state index in [1.807, 2.05) is 0 Å². The Labute approximate surface area is 107 Å². The van der Waals surface area contributed by atoms with E-state index in [2.05, 4.69) is 64.2 Å². The molecule has 96 valence electrons. The summed E-state index contributed by atoms with van der Waals surface area (Å²) in [6.45, 7) is 12.4. The molecule has 0 radical (unpaired) electrons. The van der Waals surface area contributed by atoms with Gasteiger partial charge < -0.3 is 5.32 Å². The molecule has 0 aliphatic carbocycles. The molecule has 0 bridgehead atoms. The van der Waals surface area contributed by atoms with E-state index in [1.165, 1.54) is 24.1 Å². The van der Waals surface area contributed by atoms with Gasteiger partial charge in [-0.15, -0.1) is 0 Å². The Balaban J connectivity index is 2.57. The Morgan fingerprint density at radius 1 is 1.00 bits per heavy atom. The summed E-state index contributed by atoms with van der Waals surface area (Å²) in [5.74, 6) is 0.789. The molecule has 0 amide bonds. The molecule has 17 heavy (non-hydrogen) atoms. The summed E-state index contributed by atoms with van der Waals surface area (Å²) in [6.07, 6.45) is 2.51. The molecule has 1 nitrogen and oxygen atoms in total. The van der Waals surface area contributed by atoms with Crippen LogP contribution in [-0.4, -0.2) is 6.54 Å². The molecule has 1 heteroatoms. The van der Waals surface area contributed by atoms with Crippen LogP contribution in [0, 0.1) is 5.92 Å². The van der Waals surface area contributed by atoms with Crippen molar-refractivity contribution < 1.29 is 0 Å². The standard InChI is InChI=1S/C16H27N/c1-6-13(7-2)12-17-15-10-8-14(9-11-15)16(3,4)5/h8-11,13,17H,6-7,12H2,1-5H3. The van der Waals surface area contributed by atoms with Crippen molar-refractivity contribution in [2.24, 2.45) is 5.92 Å². The normalized spacial score (nSPS) is 11.9. The lowest BCUT2D eigenvalue weighted by molar-refractivity contribution is 0.519. The fourth-order valence-corrected chi connectivity index (χ4v) is 1.93. The highest BCUT2D eigenvalue weighted by Crippen LogP contribution is 2.23. The van der Waals surface area contributed by atoms with Crippen molar-refractivity contribution in [1.29, 1.82) is 0 Å². The molecule has 1 rings (SSSR count). The first kappa shape index (κ1) is 14.1. The molecule has 0 aromatic heterocycles. The van der Waals surface area contributed by atoms with Crippen LogP contribution in [0.4, 0.5) is 5.69 Å². The Bertz CT molecular complexity index is 314. The van der Waals surface area contributed by atoms with Gasteiger partial charge in [-0.3, -0.25) is 0 Å². The van der Waals surface area contributed by atoms with Crippen LogP contribution in [0.3, 0.4) is 0 Å². The fraction of sp³-hybridized carbons (Fsp3) is 0.625. The number of benzene rings is 1. The van der Waals surface area contributed by atoms with E-state index in [1.54, 1.807) is 0 Å². The van der Waals surface area contributed by atoms with Crippen molar-refractivity contribution in [2.75, 3.05) is 11.9 Å². The van der Waals surface area contributed by atoms with E-state index in [0.717, 1.165) is 12.5 Å². The van der Waals surface area contributed by atoms with Crippen molar-refractivity contribution in [3.8, 4) is 0 Å². The first-order chi connectivity index (χ1) is 7.97. The van der Waals surface area contributed by atoms with Gasteiger partial charge in [-0.05, 0) is 29.0 Å². The summed E-state index contributed by atoms with van der Waals surface area (Å²) < 4.78 is 0. The third-order valence-electron chi connectivity index (χ3n) is 3.50. The van der Waals surface area contributed by atoms with Crippen molar-refractivity contribution in [1.82, 2.24) is 0 Å². The smallest absolute Gasteiger partial charge is 0.0340 e. The number of hydrogen-bond donors (Lipinski definition) is 1. The third-order valence-corrected chi connectivity index (χ3v) is 3.50. The Kier molecular flexibility index (Phi) is 5.04. The van der Waals surface area contributed by atoms with Crippen LogP contribution < -0.4 is 5.32 Å². The van der Waals surface area contributed by atoms with Crippen LogP contribution in [0.25, 0.3) is 0 Å². The van der Waals surface area contributed by atoms with Gasteiger partial charge in [-0.25, -0.2) is 0 Å². The lowest BCUT2D eigenvalue weighted by Gasteiger charge is -2.20. The van der Waals surface area contributed by atoms with Gasteiger partial charge >= 0.3 is 0 Å². The number of hydrogen-bond acceptors (Lipinski definition) is 1. The van der Waals surface area contributed by atoms with Crippen molar-refractivity contribution in [3.63, 3.8) is 0 Å². The molecule has 0 fully saturated rings. The molecule has 0 spiro atoms. The van der Waals surface area contributed by atoms with E-state index in [4.69, 9.17) is 0 Å². The quantitative estimate of drug-likeness (QED) is 0.768. The summed E-state index contributed by atoms with van der Waals surface area (Å²) in [5.41, 5.74) is 2.88. The molecular weight excluding hydrogens is 206 g/mol. The molecule has 1 aromatic rings. The van der Waals surface area contributed by atoms with Crippen LogP contribution in [0.2, 0.25) is 0 Å². The third kappa shape index (κ3) is 4.41. The SMILES string of the molecule is CCC(CC)CNc1ccc(C(C)(C)C)cc1. The zero-order chi connectivity index (χ0) is 12.9. The van der Waals surface area contributed by atoms with Crippen molar-refractivity contribution in [2.45, 2.75) is 52.9 Å². The first-order valence-electron chi connectivity index (χ1n) is 6.81. The van der Waals surface area contributed by atoms with Crippen LogP contribution in [-0.2, 0) is 5.41 Å². The summed E-state index contributed by atoms with van der Waals surface area (Å²) in [4.78, 5) is 0. The number of anilines is 1. The van der Waals surface area contributed by atoms with Crippen molar-refractivity contribution >= 4 is 5.69 Å². The number of rotatable bonds is 5. The average Bonchev–Trinajstić information content (AvgIpc) is 2.30. The largest absolute Gasteiger partial charge is 0.385 e. The van der Waals surface area contributed by atoms with E-state index in [9.17, 15) is 0 Å². The van der Waals surface area contributed by atoms with E-state index in [0.29, 0.717) is 0 Å². The van der Waals surface area contributed by atoms with E-state index >= 15 is 0 Å². The Morgan fingerprint density at radius 2 is 1.53 bits per heavy atom. The monoisotopic (exact) mass is 233 g/mol. The van der Waals surface area contributed by atoms with Gasteiger partial charge in [-0.1, -0.05) is 59.6 Å². The first-order valence-corrected chi connectivity index (χ1v) is 6.81. The zero-order valence-corrected chi connectivity index (χ0v) is 12.0. The predicted octanol–water partition coefficient (Wildman–Crippen LogP) is 4.83. The molecule has 0 aliphatic rings. The summed E-state index contributed by atoms with van der Waals surface area (Å²) in [5, 5.41) is 3.53. The van der Waals surface area contributed by atoms with E-state index in [-0.39, 0.29) is 5.41 Å². The maximum absolute atomic E-state index is 3.53. The summed E-state index contributed by atoms with van der Waals surface area (Å²) in [6, 6.07) is 8.86. The molecule has 1 N–H and O–H groups in total. The molecule has 1 aromatic carbocycles. The molecule has 0 aliphatic heterocycles. The highest BCUT2D eigenvalue weighted by molar-refractivity contribution is 5.45. The highest BCUT2D eigenvalue weighted by atomic mass is 14.9. The zero-order valence-electron chi connectivity index (χ0n) is 12.0. The minimum Gasteiger partial charge on any atom is -0.385 e. The fourth-order valence-electron chi connectivity index (χ4n) is 1.93. The Morgan fingerprint density at radius 3 is 1.94 bits per heavy atom. The van der Waals surface area contributed by atoms with Gasteiger partial charge in [0.05, 0.1) is 0 Å². The Hall–Kier alpha value is -0.980. The second kappa shape index (κ2) is 6.09. The van der Waals surface area contributed by atoms with Gasteiger partial charge in [0.1, 0.15) is 0 Å². The van der Waals surface area contributed by atoms with Crippen molar-refractivity contribution in [3.05, 3.63) is 29.8 Å². The van der Waals surface area contributed by atoms with Crippen LogP contribution in [0.1, 0.15) is 53.0 Å². The minimum atomic E-state index is 0.244. The van der Waals surface area contributed by atoms with Gasteiger partial charge in [0.2, 0.25) is 0 Å². The van der Waals surface area contributed by atoms with Gasteiger partial charge in [0, 0.05) is 12.2 Å². The predicted molar refractivity (Wildman–Crippen MR) is 77.7 cm³/mol. The lowest BCUT2D eigenvalue weighted by Crippen LogP contribution is -2.13. The van der Waals surface area contributed by atoms with Crippen LogP contribution in [0.5, 0.6) is 0 Å². The second-order valence-corrected chi connectivity index (χ2v) is 5.89. The molecular formula is C16H27N. The molecule has 0 atom stereocenters. The molecule has 0 heterocycles. The topological polar surface area (TPSA) is 12.0 Å². The summed E-state index contributed by atoms with van der Waals surface area (Å²) in [7, 11) is 0. The highest BCUT2D eigenvalue weighted by Gasteiger charge is 2.12. The molecule has 0 saturated carbocycles. The van der Waals surface area contributed by atoms with Gasteiger partial charge in [0.15, 0.2) is 0 Å². The number of nitrogens with one attached hydrogen (secondary N) is 1.